The van der Waals surface area contributed by atoms with Crippen molar-refractivity contribution in [2.24, 2.45) is 5.41 Å². The number of benzene rings is 1. The maximum atomic E-state index is 12.3. The number of hydrogen-bond donors (Lipinski definition) is 2. The van der Waals surface area contributed by atoms with Crippen LogP contribution >= 0.6 is 11.6 Å². The Labute approximate surface area is 139 Å². The number of nitrogens with zero attached hydrogens (tertiary/aromatic N) is 2. The average Bonchev–Trinajstić information content (AvgIpc) is 3.32. The second-order valence-electron chi connectivity index (χ2n) is 6.15. The molecule has 3 rings (SSSR count). The standard InChI is InChI=1S/C17H20ClN3O2/c18-15-14(19-12-17(6-7-17)8-9-22)10-20-21(16(15)23)11-13-4-2-1-3-5-13/h1-5,10,19,22H,6-9,11-12H2. The first-order chi connectivity index (χ1) is 11.1. The number of hydrogen-bond acceptors (Lipinski definition) is 4. The molecule has 122 valence electrons. The average molecular weight is 334 g/mol. The van der Waals surface area contributed by atoms with Crippen molar-refractivity contribution in [1.29, 1.82) is 0 Å². The van der Waals surface area contributed by atoms with Gasteiger partial charge in [-0.05, 0) is 30.2 Å². The smallest absolute Gasteiger partial charge is 0.287 e. The Balaban J connectivity index is 1.72. The van der Waals surface area contributed by atoms with Crippen molar-refractivity contribution in [3.8, 4) is 0 Å². The molecule has 0 spiro atoms. The number of aromatic nitrogens is 2. The van der Waals surface area contributed by atoms with E-state index in [2.05, 4.69) is 10.4 Å². The van der Waals surface area contributed by atoms with E-state index in [4.69, 9.17) is 16.7 Å². The van der Waals surface area contributed by atoms with Gasteiger partial charge in [-0.25, -0.2) is 4.68 Å². The lowest BCUT2D eigenvalue weighted by Crippen LogP contribution is -2.26. The Bertz CT molecular complexity index is 726. The maximum absolute atomic E-state index is 12.3. The van der Waals surface area contributed by atoms with Gasteiger partial charge in [-0.2, -0.15) is 5.10 Å². The van der Waals surface area contributed by atoms with Gasteiger partial charge in [0.05, 0.1) is 18.4 Å². The summed E-state index contributed by atoms with van der Waals surface area (Å²) in [5, 5.41) is 16.7. The van der Waals surface area contributed by atoms with Gasteiger partial charge in [0.15, 0.2) is 0 Å². The van der Waals surface area contributed by atoms with Crippen LogP contribution in [-0.2, 0) is 6.54 Å². The van der Waals surface area contributed by atoms with Crippen molar-refractivity contribution in [1.82, 2.24) is 9.78 Å². The van der Waals surface area contributed by atoms with Crippen molar-refractivity contribution in [3.63, 3.8) is 0 Å². The molecule has 1 heterocycles. The van der Waals surface area contributed by atoms with Crippen LogP contribution in [0.3, 0.4) is 0 Å². The van der Waals surface area contributed by atoms with E-state index >= 15 is 0 Å². The van der Waals surface area contributed by atoms with Gasteiger partial charge < -0.3 is 10.4 Å². The fourth-order valence-electron chi connectivity index (χ4n) is 2.67. The Morgan fingerprint density at radius 1 is 1.30 bits per heavy atom. The summed E-state index contributed by atoms with van der Waals surface area (Å²) in [5.74, 6) is 0. The molecule has 2 aromatic rings. The van der Waals surface area contributed by atoms with Gasteiger partial charge in [0.25, 0.3) is 5.56 Å². The normalized spacial score (nSPS) is 15.4. The summed E-state index contributed by atoms with van der Waals surface area (Å²) in [7, 11) is 0. The topological polar surface area (TPSA) is 67.2 Å². The molecule has 0 radical (unpaired) electrons. The molecule has 2 N–H and O–H groups in total. The monoisotopic (exact) mass is 333 g/mol. The molecule has 23 heavy (non-hydrogen) atoms. The molecular weight excluding hydrogens is 314 g/mol. The molecule has 0 amide bonds. The molecule has 1 aromatic heterocycles. The van der Waals surface area contributed by atoms with Gasteiger partial charge in [0.1, 0.15) is 5.02 Å². The predicted molar refractivity (Wildman–Crippen MR) is 90.9 cm³/mol. The zero-order valence-electron chi connectivity index (χ0n) is 12.8. The molecule has 1 aliphatic carbocycles. The van der Waals surface area contributed by atoms with E-state index in [0.29, 0.717) is 18.8 Å². The summed E-state index contributed by atoms with van der Waals surface area (Å²) < 4.78 is 1.36. The third-order valence-corrected chi connectivity index (χ3v) is 4.78. The Kier molecular flexibility index (Phi) is 4.68. The number of halogens is 1. The van der Waals surface area contributed by atoms with Crippen molar-refractivity contribution >= 4 is 17.3 Å². The van der Waals surface area contributed by atoms with E-state index in [1.54, 1.807) is 6.20 Å². The van der Waals surface area contributed by atoms with Crippen LogP contribution < -0.4 is 10.9 Å². The summed E-state index contributed by atoms with van der Waals surface area (Å²) in [6.45, 7) is 1.29. The number of nitrogens with one attached hydrogen (secondary N) is 1. The predicted octanol–water partition coefficient (Wildman–Crippen LogP) is 2.52. The van der Waals surface area contributed by atoms with E-state index in [1.165, 1.54) is 4.68 Å². The summed E-state index contributed by atoms with van der Waals surface area (Å²) in [6, 6.07) is 9.67. The van der Waals surface area contributed by atoms with Gasteiger partial charge >= 0.3 is 0 Å². The Morgan fingerprint density at radius 3 is 2.70 bits per heavy atom. The molecule has 1 fully saturated rings. The number of aliphatic hydroxyl groups excluding tert-OH is 1. The van der Waals surface area contributed by atoms with Crippen LogP contribution in [0, 0.1) is 5.41 Å². The molecule has 0 unspecified atom stereocenters. The first kappa shape index (κ1) is 16.0. The van der Waals surface area contributed by atoms with E-state index in [1.807, 2.05) is 30.3 Å². The highest BCUT2D eigenvalue weighted by Gasteiger charge is 2.41. The van der Waals surface area contributed by atoms with Crippen LogP contribution in [0.2, 0.25) is 5.02 Å². The molecule has 5 nitrogen and oxygen atoms in total. The first-order valence-corrected chi connectivity index (χ1v) is 8.16. The van der Waals surface area contributed by atoms with Crippen molar-refractivity contribution in [2.75, 3.05) is 18.5 Å². The molecule has 0 saturated heterocycles. The van der Waals surface area contributed by atoms with Gasteiger partial charge in [-0.1, -0.05) is 41.9 Å². The quantitative estimate of drug-likeness (QED) is 0.817. The molecule has 0 aliphatic heterocycles. The molecule has 1 aliphatic rings. The third-order valence-electron chi connectivity index (χ3n) is 4.41. The second kappa shape index (κ2) is 6.72. The van der Waals surface area contributed by atoms with Crippen LogP contribution in [0.1, 0.15) is 24.8 Å². The SMILES string of the molecule is O=c1c(Cl)c(NCC2(CCO)CC2)cnn1Cc1ccccc1. The lowest BCUT2D eigenvalue weighted by atomic mass is 10.0. The fourth-order valence-corrected chi connectivity index (χ4v) is 2.88. The molecule has 1 saturated carbocycles. The maximum Gasteiger partial charge on any atom is 0.287 e. The zero-order valence-corrected chi connectivity index (χ0v) is 13.6. The zero-order chi connectivity index (χ0) is 16.3. The first-order valence-electron chi connectivity index (χ1n) is 7.78. The minimum atomic E-state index is -0.299. The van der Waals surface area contributed by atoms with Crippen molar-refractivity contribution in [3.05, 3.63) is 57.5 Å². The minimum Gasteiger partial charge on any atom is -0.396 e. The lowest BCUT2D eigenvalue weighted by Gasteiger charge is -2.16. The van der Waals surface area contributed by atoms with Crippen LogP contribution in [0.25, 0.3) is 0 Å². The summed E-state index contributed by atoms with van der Waals surface area (Å²) in [5.41, 5.74) is 1.41. The molecular formula is C17H20ClN3O2. The van der Waals surface area contributed by atoms with E-state index in [-0.39, 0.29) is 22.6 Å². The number of aliphatic hydroxyl groups is 1. The fraction of sp³-hybridized carbons (Fsp3) is 0.412. The summed E-state index contributed by atoms with van der Waals surface area (Å²) in [4.78, 5) is 12.3. The van der Waals surface area contributed by atoms with Crippen LogP contribution in [0.5, 0.6) is 0 Å². The summed E-state index contributed by atoms with van der Waals surface area (Å²) in [6.07, 6.45) is 4.56. The number of rotatable bonds is 7. The second-order valence-corrected chi connectivity index (χ2v) is 6.53. The van der Waals surface area contributed by atoms with Gasteiger partial charge in [-0.15, -0.1) is 0 Å². The van der Waals surface area contributed by atoms with Crippen LogP contribution in [0.15, 0.2) is 41.3 Å². The van der Waals surface area contributed by atoms with E-state index in [9.17, 15) is 4.79 Å². The highest BCUT2D eigenvalue weighted by atomic mass is 35.5. The van der Waals surface area contributed by atoms with Gasteiger partial charge in [-0.3, -0.25) is 4.79 Å². The molecule has 0 bridgehead atoms. The summed E-state index contributed by atoms with van der Waals surface area (Å²) >= 11 is 6.21. The highest BCUT2D eigenvalue weighted by Crippen LogP contribution is 2.48. The van der Waals surface area contributed by atoms with E-state index < -0.39 is 0 Å². The molecule has 0 atom stereocenters. The Hall–Kier alpha value is -1.85. The van der Waals surface area contributed by atoms with Crippen molar-refractivity contribution in [2.45, 2.75) is 25.8 Å². The van der Waals surface area contributed by atoms with E-state index in [0.717, 1.165) is 24.8 Å². The largest absolute Gasteiger partial charge is 0.396 e. The minimum absolute atomic E-state index is 0.150. The third kappa shape index (κ3) is 3.74. The van der Waals surface area contributed by atoms with Crippen molar-refractivity contribution < 1.29 is 5.11 Å². The molecule has 1 aromatic carbocycles. The van der Waals surface area contributed by atoms with Crippen LogP contribution in [0.4, 0.5) is 5.69 Å². The Morgan fingerprint density at radius 2 is 2.04 bits per heavy atom. The highest BCUT2D eigenvalue weighted by molar-refractivity contribution is 6.32. The lowest BCUT2D eigenvalue weighted by molar-refractivity contribution is 0.253. The van der Waals surface area contributed by atoms with Gasteiger partial charge in [0.2, 0.25) is 0 Å². The van der Waals surface area contributed by atoms with Gasteiger partial charge in [0, 0.05) is 13.2 Å². The number of anilines is 1. The van der Waals surface area contributed by atoms with Crippen LogP contribution in [-0.4, -0.2) is 28.0 Å². The molecule has 6 heteroatoms.